The van der Waals surface area contributed by atoms with Crippen molar-refractivity contribution in [3.8, 4) is 0 Å². The lowest BCUT2D eigenvalue weighted by Crippen LogP contribution is -2.46. The summed E-state index contributed by atoms with van der Waals surface area (Å²) in [5.74, 6) is -2.88. The van der Waals surface area contributed by atoms with Gasteiger partial charge in [-0.25, -0.2) is 0 Å². The number of carbonyl (C=O) groups excluding carboxylic acids is 4. The summed E-state index contributed by atoms with van der Waals surface area (Å²) in [4.78, 5) is 49.4. The molecule has 0 aromatic heterocycles. The van der Waals surface area contributed by atoms with Crippen molar-refractivity contribution < 1.29 is 19.2 Å². The number of hydrogen-bond donors (Lipinski definition) is 0. The van der Waals surface area contributed by atoms with Crippen LogP contribution in [0, 0.1) is 5.41 Å². The highest BCUT2D eigenvalue weighted by molar-refractivity contribution is 6.58. The van der Waals surface area contributed by atoms with E-state index < -0.39 is 29.0 Å². The van der Waals surface area contributed by atoms with Gasteiger partial charge in [-0.3, -0.25) is 29.0 Å². The summed E-state index contributed by atoms with van der Waals surface area (Å²) < 4.78 is 0. The number of rotatable bonds is 4. The normalized spacial score (nSPS) is 19.9. The molecule has 0 spiro atoms. The van der Waals surface area contributed by atoms with Crippen molar-refractivity contribution in [2.24, 2.45) is 5.41 Å². The van der Waals surface area contributed by atoms with Gasteiger partial charge < -0.3 is 0 Å². The van der Waals surface area contributed by atoms with Crippen molar-refractivity contribution in [2.75, 3.05) is 13.1 Å². The Morgan fingerprint density at radius 2 is 0.870 bits per heavy atom. The van der Waals surface area contributed by atoms with Crippen LogP contribution >= 0.6 is 46.4 Å². The van der Waals surface area contributed by atoms with E-state index in [1.165, 1.54) is 0 Å². The van der Waals surface area contributed by atoms with E-state index in [9.17, 15) is 19.2 Å². The quantitative estimate of drug-likeness (QED) is 0.678. The third-order valence-electron chi connectivity index (χ3n) is 3.29. The molecule has 2 rings (SSSR count). The molecule has 23 heavy (non-hydrogen) atoms. The Kier molecular flexibility index (Phi) is 4.84. The van der Waals surface area contributed by atoms with E-state index in [1.807, 2.05) is 0 Å². The molecule has 2 aliphatic heterocycles. The number of imide groups is 2. The highest BCUT2D eigenvalue weighted by atomic mass is 35.5. The molecule has 10 heteroatoms. The van der Waals surface area contributed by atoms with Gasteiger partial charge in [0.1, 0.15) is 20.1 Å². The number of halogens is 4. The Morgan fingerprint density at radius 1 is 0.652 bits per heavy atom. The van der Waals surface area contributed by atoms with Crippen molar-refractivity contribution in [3.63, 3.8) is 0 Å². The lowest BCUT2D eigenvalue weighted by atomic mass is 9.92. The standard InChI is InChI=1S/C13H10Cl4N2O4/c1-13(2,3-18-9(20)5(14)6(15)10(18)21)4-19-11(22)7(16)8(17)12(19)23/h3-4H2,1-2H3. The second-order valence-electron chi connectivity index (χ2n) is 5.81. The van der Waals surface area contributed by atoms with Crippen LogP contribution in [0.4, 0.5) is 0 Å². The van der Waals surface area contributed by atoms with E-state index in [0.29, 0.717) is 0 Å². The summed E-state index contributed by atoms with van der Waals surface area (Å²) in [5, 5.41) is -1.41. The molecule has 0 bridgehead atoms. The van der Waals surface area contributed by atoms with Gasteiger partial charge in [0.05, 0.1) is 0 Å². The van der Waals surface area contributed by atoms with Crippen LogP contribution in [-0.4, -0.2) is 46.5 Å². The molecular weight excluding hydrogens is 390 g/mol. The highest BCUT2D eigenvalue weighted by Gasteiger charge is 2.43. The molecule has 0 atom stereocenters. The zero-order chi connectivity index (χ0) is 17.7. The minimum absolute atomic E-state index is 0.0938. The van der Waals surface area contributed by atoms with Gasteiger partial charge in [-0.15, -0.1) is 0 Å². The van der Waals surface area contributed by atoms with Gasteiger partial charge in [0, 0.05) is 18.5 Å². The summed E-state index contributed by atoms with van der Waals surface area (Å²) >= 11 is 22.6. The first-order valence-corrected chi connectivity index (χ1v) is 7.82. The van der Waals surface area contributed by atoms with Crippen LogP contribution in [0.3, 0.4) is 0 Å². The lowest BCUT2D eigenvalue weighted by Gasteiger charge is -2.32. The van der Waals surface area contributed by atoms with Crippen molar-refractivity contribution in [3.05, 3.63) is 20.1 Å². The Balaban J connectivity index is 2.13. The van der Waals surface area contributed by atoms with Crippen LogP contribution in [0.1, 0.15) is 13.8 Å². The van der Waals surface area contributed by atoms with Crippen LogP contribution in [0.2, 0.25) is 0 Å². The van der Waals surface area contributed by atoms with Crippen LogP contribution in [0.5, 0.6) is 0 Å². The Morgan fingerprint density at radius 3 is 1.09 bits per heavy atom. The maximum atomic E-state index is 11.9. The van der Waals surface area contributed by atoms with Crippen LogP contribution in [0.25, 0.3) is 0 Å². The zero-order valence-corrected chi connectivity index (χ0v) is 15.0. The molecule has 0 aliphatic carbocycles. The van der Waals surface area contributed by atoms with Gasteiger partial charge in [-0.2, -0.15) is 0 Å². The first-order valence-electron chi connectivity index (χ1n) is 6.31. The van der Waals surface area contributed by atoms with E-state index in [0.717, 1.165) is 9.80 Å². The van der Waals surface area contributed by atoms with Gasteiger partial charge in [0.2, 0.25) is 0 Å². The molecule has 2 heterocycles. The number of nitrogens with zero attached hydrogens (tertiary/aromatic N) is 2. The third kappa shape index (κ3) is 3.13. The second-order valence-corrected chi connectivity index (χ2v) is 7.32. The molecule has 4 amide bonds. The Bertz CT molecular complexity index is 605. The molecule has 0 saturated heterocycles. The SMILES string of the molecule is CC(C)(CN1C(=O)C(Cl)=C(Cl)C1=O)CN1C(=O)C(Cl)=C(Cl)C1=O. The van der Waals surface area contributed by atoms with E-state index in [1.54, 1.807) is 13.8 Å². The number of amides is 4. The van der Waals surface area contributed by atoms with E-state index in [4.69, 9.17) is 46.4 Å². The molecule has 0 saturated carbocycles. The van der Waals surface area contributed by atoms with Crippen LogP contribution in [0.15, 0.2) is 20.1 Å². The fourth-order valence-corrected chi connectivity index (χ4v) is 2.96. The van der Waals surface area contributed by atoms with Crippen LogP contribution in [-0.2, 0) is 19.2 Å². The van der Waals surface area contributed by atoms with E-state index in [2.05, 4.69) is 0 Å². The average Bonchev–Trinajstić information content (AvgIpc) is 2.77. The topological polar surface area (TPSA) is 74.8 Å². The molecule has 0 fully saturated rings. The molecule has 0 unspecified atom stereocenters. The number of hydrogen-bond acceptors (Lipinski definition) is 4. The Labute approximate surface area is 151 Å². The van der Waals surface area contributed by atoms with Gasteiger partial charge in [0.15, 0.2) is 0 Å². The van der Waals surface area contributed by atoms with E-state index >= 15 is 0 Å². The van der Waals surface area contributed by atoms with Crippen molar-refractivity contribution in [1.82, 2.24) is 9.80 Å². The first kappa shape index (κ1) is 18.3. The molecule has 0 radical (unpaired) electrons. The van der Waals surface area contributed by atoms with Gasteiger partial charge in [-0.1, -0.05) is 60.3 Å². The van der Waals surface area contributed by atoms with Crippen LogP contribution < -0.4 is 0 Å². The molecule has 0 N–H and O–H groups in total. The molecule has 6 nitrogen and oxygen atoms in total. The molecule has 2 aliphatic rings. The van der Waals surface area contributed by atoms with Crippen molar-refractivity contribution >= 4 is 70.0 Å². The summed E-state index contributed by atoms with van der Waals surface area (Å²) in [6.07, 6.45) is 0. The third-order valence-corrected chi connectivity index (χ3v) is 4.89. The van der Waals surface area contributed by atoms with Crippen molar-refractivity contribution in [2.45, 2.75) is 13.8 Å². The monoisotopic (exact) mass is 398 g/mol. The Hall–Kier alpha value is -1.08. The minimum Gasteiger partial charge on any atom is -0.272 e. The van der Waals surface area contributed by atoms with Gasteiger partial charge in [-0.05, 0) is 0 Å². The summed E-state index contributed by atoms with van der Waals surface area (Å²) in [6, 6.07) is 0. The summed E-state index contributed by atoms with van der Waals surface area (Å²) in [7, 11) is 0. The number of carbonyl (C=O) groups is 4. The maximum Gasteiger partial charge on any atom is 0.274 e. The molecule has 0 aromatic carbocycles. The fourth-order valence-electron chi connectivity index (χ4n) is 2.23. The maximum absolute atomic E-state index is 11.9. The van der Waals surface area contributed by atoms with E-state index in [-0.39, 0.29) is 33.2 Å². The van der Waals surface area contributed by atoms with Crippen molar-refractivity contribution in [1.29, 1.82) is 0 Å². The highest BCUT2D eigenvalue weighted by Crippen LogP contribution is 2.33. The molecule has 0 aromatic rings. The minimum atomic E-state index is -0.825. The second kappa shape index (κ2) is 6.09. The first-order chi connectivity index (χ1) is 10.5. The summed E-state index contributed by atoms with van der Waals surface area (Å²) in [6.45, 7) is 3.13. The predicted octanol–water partition coefficient (Wildman–Crippen LogP) is 2.13. The zero-order valence-electron chi connectivity index (χ0n) is 12.0. The fraction of sp³-hybridized carbons (Fsp3) is 0.385. The van der Waals surface area contributed by atoms with Gasteiger partial charge in [0.25, 0.3) is 23.6 Å². The largest absolute Gasteiger partial charge is 0.274 e. The smallest absolute Gasteiger partial charge is 0.272 e. The average molecular weight is 400 g/mol. The lowest BCUT2D eigenvalue weighted by molar-refractivity contribution is -0.140. The molecular formula is C13H10Cl4N2O4. The molecule has 124 valence electrons. The predicted molar refractivity (Wildman–Crippen MR) is 84.7 cm³/mol. The summed E-state index contributed by atoms with van der Waals surface area (Å²) in [5.41, 5.74) is -0.825. The van der Waals surface area contributed by atoms with Gasteiger partial charge >= 0.3 is 0 Å².